The maximum absolute atomic E-state index is 12.6. The second kappa shape index (κ2) is 5.88. The van der Waals surface area contributed by atoms with Crippen LogP contribution >= 0.6 is 0 Å². The van der Waals surface area contributed by atoms with Crippen LogP contribution in [0.4, 0.5) is 22.0 Å². The molecule has 0 fully saturated rings. The van der Waals surface area contributed by atoms with Crippen molar-refractivity contribution in [3.05, 3.63) is 27.7 Å². The number of H-pyrrole nitrogens is 1. The normalized spacial score (nSPS) is 11.6. The van der Waals surface area contributed by atoms with Gasteiger partial charge in [0.25, 0.3) is 12.0 Å². The van der Waals surface area contributed by atoms with Crippen molar-refractivity contribution in [2.45, 2.75) is 19.7 Å². The van der Waals surface area contributed by atoms with Gasteiger partial charge in [-0.15, -0.1) is 13.2 Å². The van der Waals surface area contributed by atoms with E-state index in [4.69, 9.17) is 0 Å². The van der Waals surface area contributed by atoms with E-state index in [1.54, 1.807) is 4.98 Å². The van der Waals surface area contributed by atoms with Crippen LogP contribution < -0.4 is 10.3 Å². The molecule has 0 aliphatic rings. The minimum atomic E-state index is -5.35. The van der Waals surface area contributed by atoms with E-state index in [-0.39, 0.29) is 6.61 Å². The standard InChI is InChI=1S/C10H8F5NO4/c1-2-19-9(18)5-6(20-10(13,14)15)4(7(11)12)3-16-8(5)17/h3,7H,2H2,1H3,(H,16,17). The number of halogens is 5. The van der Waals surface area contributed by atoms with Crippen LogP contribution in [0.2, 0.25) is 0 Å². The fraction of sp³-hybridized carbons (Fsp3) is 0.400. The first-order valence-electron chi connectivity index (χ1n) is 5.14. The van der Waals surface area contributed by atoms with Crippen molar-refractivity contribution in [1.29, 1.82) is 0 Å². The maximum atomic E-state index is 12.6. The predicted molar refractivity (Wildman–Crippen MR) is 54.7 cm³/mol. The zero-order valence-electron chi connectivity index (χ0n) is 9.88. The Balaban J connectivity index is 3.50. The van der Waals surface area contributed by atoms with Gasteiger partial charge in [0.1, 0.15) is 0 Å². The third kappa shape index (κ3) is 3.68. The monoisotopic (exact) mass is 301 g/mol. The number of alkyl halides is 5. The second-order valence-corrected chi connectivity index (χ2v) is 3.35. The Hall–Kier alpha value is -2.13. The van der Waals surface area contributed by atoms with Gasteiger partial charge >= 0.3 is 12.3 Å². The summed E-state index contributed by atoms with van der Waals surface area (Å²) in [5.41, 5.74) is -3.86. The van der Waals surface area contributed by atoms with Crippen molar-refractivity contribution in [2.75, 3.05) is 6.61 Å². The Bertz CT molecular complexity index is 552. The third-order valence-electron chi connectivity index (χ3n) is 2.01. The van der Waals surface area contributed by atoms with Crippen LogP contribution in [-0.2, 0) is 4.74 Å². The molecule has 0 unspecified atom stereocenters. The lowest BCUT2D eigenvalue weighted by molar-refractivity contribution is -0.275. The van der Waals surface area contributed by atoms with Gasteiger partial charge in [-0.1, -0.05) is 0 Å². The Morgan fingerprint density at radius 3 is 2.45 bits per heavy atom. The van der Waals surface area contributed by atoms with Gasteiger partial charge in [-0.2, -0.15) is 0 Å². The fourth-order valence-corrected chi connectivity index (χ4v) is 1.30. The molecule has 0 aliphatic carbocycles. The summed E-state index contributed by atoms with van der Waals surface area (Å²) < 4.78 is 69.6. The summed E-state index contributed by atoms with van der Waals surface area (Å²) in [6, 6.07) is 0. The van der Waals surface area contributed by atoms with Crippen LogP contribution in [0, 0.1) is 0 Å². The zero-order valence-corrected chi connectivity index (χ0v) is 9.88. The minimum absolute atomic E-state index is 0.261. The van der Waals surface area contributed by atoms with Crippen molar-refractivity contribution < 1.29 is 36.2 Å². The Morgan fingerprint density at radius 2 is 2.00 bits per heavy atom. The van der Waals surface area contributed by atoms with E-state index in [0.717, 1.165) is 0 Å². The number of nitrogens with one attached hydrogen (secondary N) is 1. The van der Waals surface area contributed by atoms with Crippen molar-refractivity contribution in [1.82, 2.24) is 4.98 Å². The van der Waals surface area contributed by atoms with Gasteiger partial charge in [0.2, 0.25) is 0 Å². The molecule has 0 amide bonds. The van der Waals surface area contributed by atoms with E-state index in [1.165, 1.54) is 6.92 Å². The van der Waals surface area contributed by atoms with E-state index in [0.29, 0.717) is 6.20 Å². The molecule has 0 bridgehead atoms. The number of carbonyl (C=O) groups is 1. The molecule has 0 saturated heterocycles. The number of rotatable bonds is 4. The van der Waals surface area contributed by atoms with Crippen molar-refractivity contribution >= 4 is 5.97 Å². The minimum Gasteiger partial charge on any atom is -0.462 e. The summed E-state index contributed by atoms with van der Waals surface area (Å²) in [5.74, 6) is -3.05. The lowest BCUT2D eigenvalue weighted by atomic mass is 10.1. The summed E-state index contributed by atoms with van der Waals surface area (Å²) >= 11 is 0. The van der Waals surface area contributed by atoms with Gasteiger partial charge < -0.3 is 14.5 Å². The van der Waals surface area contributed by atoms with Crippen LogP contribution in [0.3, 0.4) is 0 Å². The molecule has 1 aromatic heterocycles. The largest absolute Gasteiger partial charge is 0.573 e. The highest BCUT2D eigenvalue weighted by Gasteiger charge is 2.37. The van der Waals surface area contributed by atoms with Crippen LogP contribution in [0.25, 0.3) is 0 Å². The van der Waals surface area contributed by atoms with E-state index in [9.17, 15) is 31.5 Å². The first-order valence-corrected chi connectivity index (χ1v) is 5.14. The zero-order chi connectivity index (χ0) is 15.5. The first-order chi connectivity index (χ1) is 9.17. The summed E-state index contributed by atoms with van der Waals surface area (Å²) in [7, 11) is 0. The molecule has 1 N–H and O–H groups in total. The van der Waals surface area contributed by atoms with E-state index in [2.05, 4.69) is 9.47 Å². The number of ether oxygens (including phenoxy) is 2. The van der Waals surface area contributed by atoms with E-state index < -0.39 is 41.2 Å². The Kier molecular flexibility index (Phi) is 4.69. The predicted octanol–water partition coefficient (Wildman–Crippen LogP) is 2.39. The topological polar surface area (TPSA) is 68.4 Å². The first kappa shape index (κ1) is 15.9. The van der Waals surface area contributed by atoms with Gasteiger partial charge in [0, 0.05) is 6.20 Å². The highest BCUT2D eigenvalue weighted by Crippen LogP contribution is 2.34. The molecule has 10 heteroatoms. The average molecular weight is 301 g/mol. The molecule has 0 aromatic carbocycles. The summed E-state index contributed by atoms with van der Waals surface area (Å²) in [4.78, 5) is 24.5. The molecule has 112 valence electrons. The summed E-state index contributed by atoms with van der Waals surface area (Å²) in [6.07, 6.45) is -8.40. The smallest absolute Gasteiger partial charge is 0.462 e. The number of pyridine rings is 1. The third-order valence-corrected chi connectivity index (χ3v) is 2.01. The fourth-order valence-electron chi connectivity index (χ4n) is 1.30. The van der Waals surface area contributed by atoms with Crippen molar-refractivity contribution in [3.63, 3.8) is 0 Å². The highest BCUT2D eigenvalue weighted by atomic mass is 19.4. The Morgan fingerprint density at radius 1 is 1.40 bits per heavy atom. The van der Waals surface area contributed by atoms with Gasteiger partial charge in [0.15, 0.2) is 11.3 Å². The molecule has 5 nitrogen and oxygen atoms in total. The van der Waals surface area contributed by atoms with Gasteiger partial charge in [-0.25, -0.2) is 13.6 Å². The Labute approximate surface area is 108 Å². The second-order valence-electron chi connectivity index (χ2n) is 3.35. The SMILES string of the molecule is CCOC(=O)c1c(OC(F)(F)F)c(C(F)F)c[nH]c1=O. The molecule has 1 rings (SSSR count). The number of hydrogen-bond acceptors (Lipinski definition) is 4. The van der Waals surface area contributed by atoms with Crippen molar-refractivity contribution in [3.8, 4) is 5.75 Å². The molecular formula is C10H8F5NO4. The van der Waals surface area contributed by atoms with Crippen LogP contribution in [-0.4, -0.2) is 23.9 Å². The van der Waals surface area contributed by atoms with Gasteiger partial charge in [-0.05, 0) is 6.92 Å². The number of esters is 1. The summed E-state index contributed by atoms with van der Waals surface area (Å²) in [5, 5.41) is 0. The molecule has 20 heavy (non-hydrogen) atoms. The molecular weight excluding hydrogens is 293 g/mol. The number of carbonyl (C=O) groups excluding carboxylic acids is 1. The molecule has 1 aromatic rings. The highest BCUT2D eigenvalue weighted by molar-refractivity contribution is 5.92. The van der Waals surface area contributed by atoms with Crippen molar-refractivity contribution in [2.24, 2.45) is 0 Å². The van der Waals surface area contributed by atoms with E-state index in [1.807, 2.05) is 0 Å². The molecule has 0 aliphatic heterocycles. The lowest BCUT2D eigenvalue weighted by Gasteiger charge is -2.15. The molecule has 0 radical (unpaired) electrons. The molecule has 0 spiro atoms. The molecule has 1 heterocycles. The number of aromatic amines is 1. The van der Waals surface area contributed by atoms with Crippen LogP contribution in [0.5, 0.6) is 5.75 Å². The van der Waals surface area contributed by atoms with Crippen LogP contribution in [0.1, 0.15) is 29.3 Å². The average Bonchev–Trinajstić information content (AvgIpc) is 2.26. The summed E-state index contributed by atoms with van der Waals surface area (Å²) in [6.45, 7) is 1.07. The van der Waals surface area contributed by atoms with Gasteiger partial charge in [-0.3, -0.25) is 4.79 Å². The van der Waals surface area contributed by atoms with E-state index >= 15 is 0 Å². The molecule has 0 saturated carbocycles. The molecule has 0 atom stereocenters. The van der Waals surface area contributed by atoms with Gasteiger partial charge in [0.05, 0.1) is 12.2 Å². The maximum Gasteiger partial charge on any atom is 0.573 e. The quantitative estimate of drug-likeness (QED) is 0.685. The van der Waals surface area contributed by atoms with Crippen LogP contribution in [0.15, 0.2) is 11.0 Å². The number of hydrogen-bond donors (Lipinski definition) is 1. The lowest BCUT2D eigenvalue weighted by Crippen LogP contribution is -2.27. The number of aromatic nitrogens is 1.